The molecule has 0 aliphatic rings. The van der Waals surface area contributed by atoms with E-state index < -0.39 is 0 Å². The fourth-order valence-electron chi connectivity index (χ4n) is 3.07. The molecular formula is C23H28FN4OS+. The Morgan fingerprint density at radius 2 is 1.70 bits per heavy atom. The number of nitrogens with one attached hydrogen (secondary N) is 1. The first-order valence-corrected chi connectivity index (χ1v) is 10.9. The van der Waals surface area contributed by atoms with Crippen LogP contribution in [-0.4, -0.2) is 39.9 Å². The van der Waals surface area contributed by atoms with Crippen molar-refractivity contribution in [1.82, 2.24) is 14.8 Å². The molecule has 0 aliphatic heterocycles. The standard InChI is InChI=1S/C23H27FN4OS/c1-14-7-8-18(13-15(14)2)21(29)17(4)30-23-26-25-22(16(3)27(5)6)28(23)20-11-9-19(24)10-12-20/h7-13,16-17H,1-6H3/p+1/t16-,17+/m1/s1. The minimum Gasteiger partial charge on any atom is -0.331 e. The molecule has 0 bridgehead atoms. The molecule has 1 N–H and O–H groups in total. The Hall–Kier alpha value is -2.51. The number of quaternary nitrogens is 1. The number of aromatic nitrogens is 3. The molecule has 2 atom stereocenters. The normalized spacial score (nSPS) is 13.5. The maximum atomic E-state index is 13.5. The van der Waals surface area contributed by atoms with Crippen molar-refractivity contribution < 1.29 is 14.1 Å². The third-order valence-electron chi connectivity index (χ3n) is 5.44. The number of Topliss-reactive ketones (excluding diaryl/α,β-unsaturated/α-hetero) is 1. The Labute approximate surface area is 181 Å². The van der Waals surface area contributed by atoms with Gasteiger partial charge in [-0.15, -0.1) is 10.2 Å². The molecule has 3 aromatic rings. The first-order chi connectivity index (χ1) is 14.2. The van der Waals surface area contributed by atoms with Gasteiger partial charge in [0.15, 0.2) is 16.8 Å². The third-order valence-corrected chi connectivity index (χ3v) is 6.48. The van der Waals surface area contributed by atoms with Gasteiger partial charge in [0.25, 0.3) is 0 Å². The summed E-state index contributed by atoms with van der Waals surface area (Å²) >= 11 is 1.37. The minimum absolute atomic E-state index is 0.0459. The Balaban J connectivity index is 1.95. The van der Waals surface area contributed by atoms with Gasteiger partial charge in [-0.05, 0) is 69.2 Å². The topological polar surface area (TPSA) is 52.2 Å². The van der Waals surface area contributed by atoms with Gasteiger partial charge in [0.05, 0.1) is 19.3 Å². The van der Waals surface area contributed by atoms with E-state index >= 15 is 0 Å². The number of ketones is 1. The van der Waals surface area contributed by atoms with E-state index in [4.69, 9.17) is 0 Å². The lowest BCUT2D eigenvalue weighted by atomic mass is 10.0. The summed E-state index contributed by atoms with van der Waals surface area (Å²) in [5.74, 6) is 0.520. The average Bonchev–Trinajstić information content (AvgIpc) is 3.12. The number of hydrogen-bond donors (Lipinski definition) is 1. The molecule has 0 aliphatic carbocycles. The van der Waals surface area contributed by atoms with Crippen LogP contribution in [0.1, 0.15) is 47.2 Å². The summed E-state index contributed by atoms with van der Waals surface area (Å²) in [6.07, 6.45) is 0. The first-order valence-electron chi connectivity index (χ1n) is 9.98. The van der Waals surface area contributed by atoms with E-state index in [1.54, 1.807) is 12.1 Å². The van der Waals surface area contributed by atoms with Gasteiger partial charge in [-0.25, -0.2) is 4.39 Å². The lowest BCUT2D eigenvalue weighted by Crippen LogP contribution is -3.05. The van der Waals surface area contributed by atoms with E-state index in [1.165, 1.54) is 28.8 Å². The molecule has 158 valence electrons. The summed E-state index contributed by atoms with van der Waals surface area (Å²) in [6.45, 7) is 7.98. The number of carbonyl (C=O) groups is 1. The lowest BCUT2D eigenvalue weighted by Gasteiger charge is -2.18. The predicted octanol–water partition coefficient (Wildman–Crippen LogP) is 3.59. The molecule has 3 rings (SSSR count). The predicted molar refractivity (Wildman–Crippen MR) is 118 cm³/mol. The Morgan fingerprint density at radius 1 is 1.03 bits per heavy atom. The largest absolute Gasteiger partial charge is 0.331 e. The second kappa shape index (κ2) is 9.10. The van der Waals surface area contributed by atoms with Crippen LogP contribution in [-0.2, 0) is 0 Å². The number of nitrogens with zero attached hydrogens (tertiary/aromatic N) is 3. The van der Waals surface area contributed by atoms with Crippen LogP contribution >= 0.6 is 11.8 Å². The van der Waals surface area contributed by atoms with Crippen LogP contribution < -0.4 is 4.90 Å². The molecule has 0 fully saturated rings. The summed E-state index contributed by atoms with van der Waals surface area (Å²) in [5, 5.41) is 9.07. The van der Waals surface area contributed by atoms with E-state index in [1.807, 2.05) is 57.6 Å². The Morgan fingerprint density at radius 3 is 2.30 bits per heavy atom. The van der Waals surface area contributed by atoms with Gasteiger partial charge in [0.1, 0.15) is 11.9 Å². The molecule has 5 nitrogen and oxygen atoms in total. The van der Waals surface area contributed by atoms with Crippen molar-refractivity contribution in [2.75, 3.05) is 14.1 Å². The summed E-state index contributed by atoms with van der Waals surface area (Å²) < 4.78 is 15.4. The number of rotatable bonds is 7. The fourth-order valence-corrected chi connectivity index (χ4v) is 4.02. The molecule has 0 spiro atoms. The fraction of sp³-hybridized carbons (Fsp3) is 0.348. The summed E-state index contributed by atoms with van der Waals surface area (Å²) in [5.41, 5.74) is 3.72. The SMILES string of the molecule is Cc1ccc(C(=O)[C@H](C)Sc2nnc([C@@H](C)[NH+](C)C)n2-c2ccc(F)cc2)cc1C. The molecule has 1 aromatic heterocycles. The smallest absolute Gasteiger partial charge is 0.196 e. The van der Waals surface area contributed by atoms with Gasteiger partial charge in [-0.2, -0.15) is 0 Å². The van der Waals surface area contributed by atoms with Crippen molar-refractivity contribution in [3.63, 3.8) is 0 Å². The zero-order valence-corrected chi connectivity index (χ0v) is 19.0. The van der Waals surface area contributed by atoms with Crippen molar-refractivity contribution in [2.24, 2.45) is 0 Å². The highest BCUT2D eigenvalue weighted by molar-refractivity contribution is 8.00. The third kappa shape index (κ3) is 4.63. The van der Waals surface area contributed by atoms with Crippen LogP contribution in [0, 0.1) is 19.7 Å². The molecule has 30 heavy (non-hydrogen) atoms. The van der Waals surface area contributed by atoms with Crippen LogP contribution in [0.3, 0.4) is 0 Å². The molecular weight excluding hydrogens is 399 g/mol. The van der Waals surface area contributed by atoms with Gasteiger partial charge < -0.3 is 4.90 Å². The molecule has 0 saturated carbocycles. The number of thioether (sulfide) groups is 1. The van der Waals surface area contributed by atoms with Gasteiger partial charge in [-0.3, -0.25) is 9.36 Å². The highest BCUT2D eigenvalue weighted by Gasteiger charge is 2.26. The van der Waals surface area contributed by atoms with E-state index in [9.17, 15) is 9.18 Å². The van der Waals surface area contributed by atoms with E-state index in [-0.39, 0.29) is 22.9 Å². The van der Waals surface area contributed by atoms with Crippen LogP contribution in [0.4, 0.5) is 4.39 Å². The van der Waals surface area contributed by atoms with Gasteiger partial charge >= 0.3 is 0 Å². The van der Waals surface area contributed by atoms with Crippen LogP contribution in [0.15, 0.2) is 47.6 Å². The second-order valence-electron chi connectivity index (χ2n) is 7.88. The molecule has 0 radical (unpaired) electrons. The molecule has 2 aromatic carbocycles. The van der Waals surface area contributed by atoms with Gasteiger partial charge in [0.2, 0.25) is 0 Å². The highest BCUT2D eigenvalue weighted by atomic mass is 32.2. The minimum atomic E-state index is -0.342. The number of aryl methyl sites for hydroxylation is 2. The lowest BCUT2D eigenvalue weighted by molar-refractivity contribution is -0.890. The quantitative estimate of drug-likeness (QED) is 0.463. The van der Waals surface area contributed by atoms with Gasteiger partial charge in [0, 0.05) is 11.3 Å². The maximum Gasteiger partial charge on any atom is 0.196 e. The van der Waals surface area contributed by atoms with Crippen molar-refractivity contribution in [3.8, 4) is 5.69 Å². The number of carbonyl (C=O) groups excluding carboxylic acids is 1. The molecule has 1 heterocycles. The van der Waals surface area contributed by atoms with Crippen LogP contribution in [0.5, 0.6) is 0 Å². The van der Waals surface area contributed by atoms with Crippen molar-refractivity contribution in [1.29, 1.82) is 0 Å². The van der Waals surface area contributed by atoms with Crippen molar-refractivity contribution in [3.05, 3.63) is 70.8 Å². The Bertz CT molecular complexity index is 1050. The van der Waals surface area contributed by atoms with Gasteiger partial charge in [-0.1, -0.05) is 23.9 Å². The summed E-state index contributed by atoms with van der Waals surface area (Å²) in [7, 11) is 4.10. The highest BCUT2D eigenvalue weighted by Crippen LogP contribution is 2.29. The number of hydrogen-bond acceptors (Lipinski definition) is 4. The zero-order chi connectivity index (χ0) is 22.0. The monoisotopic (exact) mass is 427 g/mol. The molecule has 0 saturated heterocycles. The Kier molecular flexibility index (Phi) is 6.73. The molecule has 0 amide bonds. The molecule has 7 heteroatoms. The average molecular weight is 428 g/mol. The number of halogens is 1. The summed E-state index contributed by atoms with van der Waals surface area (Å²) in [4.78, 5) is 14.2. The number of benzene rings is 2. The van der Waals surface area contributed by atoms with E-state index in [0.717, 1.165) is 22.6 Å². The van der Waals surface area contributed by atoms with Crippen molar-refractivity contribution in [2.45, 2.75) is 44.1 Å². The molecule has 0 unspecified atom stereocenters. The first kappa shape index (κ1) is 22.2. The zero-order valence-electron chi connectivity index (χ0n) is 18.2. The van der Waals surface area contributed by atoms with Crippen LogP contribution in [0.25, 0.3) is 5.69 Å². The van der Waals surface area contributed by atoms with Crippen LogP contribution in [0.2, 0.25) is 0 Å². The second-order valence-corrected chi connectivity index (χ2v) is 9.18. The van der Waals surface area contributed by atoms with Crippen molar-refractivity contribution >= 4 is 17.5 Å². The van der Waals surface area contributed by atoms with E-state index in [0.29, 0.717) is 10.7 Å². The summed E-state index contributed by atoms with van der Waals surface area (Å²) in [6, 6.07) is 12.1. The van der Waals surface area contributed by atoms with E-state index in [2.05, 4.69) is 17.1 Å². The maximum absolute atomic E-state index is 13.5.